The Morgan fingerprint density at radius 2 is 1.85 bits per heavy atom. The molecule has 0 radical (unpaired) electrons. The van der Waals surface area contributed by atoms with Crippen LogP contribution in [0.3, 0.4) is 0 Å². The van der Waals surface area contributed by atoms with Gasteiger partial charge < -0.3 is 9.88 Å². The molecule has 2 aromatic carbocycles. The summed E-state index contributed by atoms with van der Waals surface area (Å²) in [6.07, 6.45) is 2.84. The number of fused-ring (bicyclic) bond motifs is 1. The molecule has 0 bridgehead atoms. The Balaban J connectivity index is 1.63. The van der Waals surface area contributed by atoms with E-state index in [1.807, 2.05) is 6.07 Å². The number of halogens is 1. The van der Waals surface area contributed by atoms with Crippen LogP contribution in [-0.2, 0) is 17.9 Å². The molecule has 0 saturated heterocycles. The summed E-state index contributed by atoms with van der Waals surface area (Å²) in [6, 6.07) is 13.2. The molecule has 3 aromatic rings. The molecule has 6 heteroatoms. The van der Waals surface area contributed by atoms with Crippen LogP contribution >= 0.6 is 0 Å². The standard InChI is InChI=1S/C21H20FN3O2/c22-16-10-8-14(9-11-16)12-25(21(27)15-4-3-5-15)13-19-23-18-7-2-1-6-17(18)20(26)24-19/h1-2,6-11,15H,3-5,12-13H2,(H,23,24,26). The minimum atomic E-state index is -0.309. The summed E-state index contributed by atoms with van der Waals surface area (Å²) in [5.74, 6) is 0.226. The number of aromatic amines is 1. The fraction of sp³-hybridized carbons (Fsp3) is 0.286. The Labute approximate surface area is 155 Å². The van der Waals surface area contributed by atoms with Crippen LogP contribution in [0.4, 0.5) is 4.39 Å². The van der Waals surface area contributed by atoms with Crippen molar-refractivity contribution in [2.45, 2.75) is 32.4 Å². The van der Waals surface area contributed by atoms with Crippen molar-refractivity contribution in [2.24, 2.45) is 5.92 Å². The molecule has 0 aliphatic heterocycles. The van der Waals surface area contributed by atoms with Gasteiger partial charge in [0.25, 0.3) is 5.56 Å². The Hall–Kier alpha value is -3.02. The average Bonchev–Trinajstić information content (AvgIpc) is 2.61. The second kappa shape index (κ2) is 7.31. The molecule has 1 aliphatic carbocycles. The van der Waals surface area contributed by atoms with Crippen molar-refractivity contribution in [3.63, 3.8) is 0 Å². The van der Waals surface area contributed by atoms with E-state index in [0.29, 0.717) is 23.3 Å². The molecular formula is C21H20FN3O2. The van der Waals surface area contributed by atoms with Gasteiger partial charge in [-0.25, -0.2) is 9.37 Å². The summed E-state index contributed by atoms with van der Waals surface area (Å²) in [5, 5.41) is 0.525. The topological polar surface area (TPSA) is 66.1 Å². The van der Waals surface area contributed by atoms with Crippen LogP contribution in [0.5, 0.6) is 0 Å². The van der Waals surface area contributed by atoms with E-state index >= 15 is 0 Å². The van der Waals surface area contributed by atoms with Gasteiger partial charge in [-0.15, -0.1) is 0 Å². The number of aromatic nitrogens is 2. The lowest BCUT2D eigenvalue weighted by atomic mass is 9.84. The van der Waals surface area contributed by atoms with Crippen LogP contribution < -0.4 is 5.56 Å². The zero-order chi connectivity index (χ0) is 18.8. The predicted molar refractivity (Wildman–Crippen MR) is 100 cm³/mol. The first-order valence-electron chi connectivity index (χ1n) is 9.11. The Kier molecular flexibility index (Phi) is 4.71. The summed E-state index contributed by atoms with van der Waals surface area (Å²) in [5.41, 5.74) is 1.23. The van der Waals surface area contributed by atoms with Crippen LogP contribution in [0.25, 0.3) is 10.9 Å². The monoisotopic (exact) mass is 365 g/mol. The Morgan fingerprint density at radius 1 is 1.11 bits per heavy atom. The number of para-hydroxylation sites is 1. The molecule has 1 amide bonds. The molecule has 1 aromatic heterocycles. The molecule has 27 heavy (non-hydrogen) atoms. The average molecular weight is 365 g/mol. The number of rotatable bonds is 5. The van der Waals surface area contributed by atoms with E-state index < -0.39 is 0 Å². The van der Waals surface area contributed by atoms with Gasteiger partial charge in [0.05, 0.1) is 17.4 Å². The van der Waals surface area contributed by atoms with Crippen LogP contribution in [0, 0.1) is 11.7 Å². The van der Waals surface area contributed by atoms with Crippen LogP contribution in [0.2, 0.25) is 0 Å². The van der Waals surface area contributed by atoms with E-state index in [1.54, 1.807) is 35.2 Å². The molecule has 1 fully saturated rings. The summed E-state index contributed by atoms with van der Waals surface area (Å²) in [4.78, 5) is 34.2. The number of nitrogens with zero attached hydrogens (tertiary/aromatic N) is 2. The second-order valence-electron chi connectivity index (χ2n) is 6.98. The smallest absolute Gasteiger partial charge is 0.258 e. The van der Waals surface area contributed by atoms with Crippen molar-refractivity contribution < 1.29 is 9.18 Å². The van der Waals surface area contributed by atoms with Gasteiger partial charge in [0.1, 0.15) is 11.6 Å². The highest BCUT2D eigenvalue weighted by molar-refractivity contribution is 5.80. The van der Waals surface area contributed by atoms with E-state index in [1.165, 1.54) is 12.1 Å². The molecule has 1 heterocycles. The molecule has 0 unspecified atom stereocenters. The number of carbonyl (C=O) groups excluding carboxylic acids is 1. The van der Waals surface area contributed by atoms with Crippen LogP contribution in [0.15, 0.2) is 53.3 Å². The number of benzene rings is 2. The summed E-state index contributed by atoms with van der Waals surface area (Å²) in [7, 11) is 0. The summed E-state index contributed by atoms with van der Waals surface area (Å²) >= 11 is 0. The minimum absolute atomic E-state index is 0.0256. The minimum Gasteiger partial charge on any atom is -0.331 e. The van der Waals surface area contributed by atoms with Crippen molar-refractivity contribution in [1.82, 2.24) is 14.9 Å². The highest BCUT2D eigenvalue weighted by Gasteiger charge is 2.30. The van der Waals surface area contributed by atoms with E-state index in [2.05, 4.69) is 9.97 Å². The third-order valence-corrected chi connectivity index (χ3v) is 5.06. The number of nitrogens with one attached hydrogen (secondary N) is 1. The first-order valence-corrected chi connectivity index (χ1v) is 9.11. The maximum absolute atomic E-state index is 13.2. The molecule has 4 rings (SSSR count). The first-order chi connectivity index (χ1) is 13.1. The fourth-order valence-corrected chi connectivity index (χ4v) is 3.33. The molecule has 0 atom stereocenters. The third-order valence-electron chi connectivity index (χ3n) is 5.06. The van der Waals surface area contributed by atoms with E-state index in [0.717, 1.165) is 24.8 Å². The van der Waals surface area contributed by atoms with Gasteiger partial charge in [-0.2, -0.15) is 0 Å². The van der Waals surface area contributed by atoms with Gasteiger partial charge in [0.2, 0.25) is 5.91 Å². The summed E-state index contributed by atoms with van der Waals surface area (Å²) in [6.45, 7) is 0.568. The molecule has 1 N–H and O–H groups in total. The number of hydrogen-bond acceptors (Lipinski definition) is 3. The SMILES string of the molecule is O=C(C1CCC1)N(Cc1ccc(F)cc1)Cc1nc2ccccc2c(=O)[nH]1. The normalized spacial score (nSPS) is 14.1. The lowest BCUT2D eigenvalue weighted by Gasteiger charge is -2.31. The number of hydrogen-bond donors (Lipinski definition) is 1. The van der Waals surface area contributed by atoms with Gasteiger partial charge >= 0.3 is 0 Å². The molecular weight excluding hydrogens is 345 g/mol. The lowest BCUT2D eigenvalue weighted by Crippen LogP contribution is -2.38. The van der Waals surface area contributed by atoms with Gasteiger partial charge in [-0.05, 0) is 42.7 Å². The number of amides is 1. The zero-order valence-corrected chi connectivity index (χ0v) is 14.8. The first kappa shape index (κ1) is 17.4. The zero-order valence-electron chi connectivity index (χ0n) is 14.8. The maximum Gasteiger partial charge on any atom is 0.258 e. The molecule has 138 valence electrons. The highest BCUT2D eigenvalue weighted by Crippen LogP contribution is 2.29. The Bertz CT molecular complexity index is 1030. The van der Waals surface area contributed by atoms with Gasteiger partial charge in [0.15, 0.2) is 0 Å². The van der Waals surface area contributed by atoms with Crippen molar-refractivity contribution in [3.05, 3.63) is 76.1 Å². The molecule has 5 nitrogen and oxygen atoms in total. The number of carbonyl (C=O) groups is 1. The fourth-order valence-electron chi connectivity index (χ4n) is 3.33. The Morgan fingerprint density at radius 3 is 2.56 bits per heavy atom. The predicted octanol–water partition coefficient (Wildman–Crippen LogP) is 3.39. The maximum atomic E-state index is 13.2. The van der Waals surface area contributed by atoms with Crippen molar-refractivity contribution in [2.75, 3.05) is 0 Å². The number of H-pyrrole nitrogens is 1. The molecule has 1 saturated carbocycles. The quantitative estimate of drug-likeness (QED) is 0.754. The van der Waals surface area contributed by atoms with E-state index in [9.17, 15) is 14.0 Å². The van der Waals surface area contributed by atoms with Gasteiger partial charge in [0, 0.05) is 12.5 Å². The van der Waals surface area contributed by atoms with Crippen molar-refractivity contribution >= 4 is 16.8 Å². The van der Waals surface area contributed by atoms with E-state index in [4.69, 9.17) is 0 Å². The van der Waals surface area contributed by atoms with Crippen molar-refractivity contribution in [3.8, 4) is 0 Å². The van der Waals surface area contributed by atoms with Gasteiger partial charge in [-0.1, -0.05) is 30.7 Å². The summed E-state index contributed by atoms with van der Waals surface area (Å²) < 4.78 is 13.2. The van der Waals surface area contributed by atoms with Gasteiger partial charge in [-0.3, -0.25) is 9.59 Å². The lowest BCUT2D eigenvalue weighted by molar-refractivity contribution is -0.139. The largest absolute Gasteiger partial charge is 0.331 e. The third kappa shape index (κ3) is 3.74. The highest BCUT2D eigenvalue weighted by atomic mass is 19.1. The van der Waals surface area contributed by atoms with Crippen molar-refractivity contribution in [1.29, 1.82) is 0 Å². The van der Waals surface area contributed by atoms with Crippen LogP contribution in [-0.4, -0.2) is 20.8 Å². The van der Waals surface area contributed by atoms with Crippen LogP contribution in [0.1, 0.15) is 30.7 Å². The second-order valence-corrected chi connectivity index (χ2v) is 6.98. The molecule has 0 spiro atoms. The molecule has 1 aliphatic rings. The van der Waals surface area contributed by atoms with E-state index in [-0.39, 0.29) is 29.7 Å².